The van der Waals surface area contributed by atoms with E-state index in [1.165, 1.54) is 13.8 Å². The van der Waals surface area contributed by atoms with Crippen molar-refractivity contribution in [2.75, 3.05) is 5.75 Å². The topological polar surface area (TPSA) is 88.4 Å². The highest BCUT2D eigenvalue weighted by molar-refractivity contribution is 7.85. The Morgan fingerprint density at radius 3 is 2.15 bits per heavy atom. The van der Waals surface area contributed by atoms with Crippen LogP contribution >= 0.6 is 0 Å². The lowest BCUT2D eigenvalue weighted by atomic mass is 10.1. The first-order valence-electron chi connectivity index (χ1n) is 5.74. The zero-order chi connectivity index (χ0) is 15.8. The lowest BCUT2D eigenvalue weighted by molar-refractivity contribution is -0.117. The number of carbonyl (C=O) groups is 1. The third-order valence-electron chi connectivity index (χ3n) is 2.03. The first kappa shape index (κ1) is 18.1. The molecule has 0 saturated carbocycles. The van der Waals surface area contributed by atoms with Gasteiger partial charge in [0, 0.05) is 18.6 Å². The number of rotatable bonds is 5. The van der Waals surface area contributed by atoms with E-state index in [1.54, 1.807) is 6.20 Å². The summed E-state index contributed by atoms with van der Waals surface area (Å²) in [7, 11) is -4.08. The quantitative estimate of drug-likeness (QED) is 0.638. The van der Waals surface area contributed by atoms with Crippen molar-refractivity contribution in [1.29, 1.82) is 0 Å². The lowest BCUT2D eigenvalue weighted by Crippen LogP contribution is -2.47. The van der Waals surface area contributed by atoms with Crippen molar-refractivity contribution in [3.8, 4) is 0 Å². The van der Waals surface area contributed by atoms with Crippen LogP contribution in [0.1, 0.15) is 13.8 Å². The summed E-state index contributed by atoms with van der Waals surface area (Å²) in [6, 6.07) is 3.92. The van der Waals surface area contributed by atoms with Crippen molar-refractivity contribution >= 4 is 22.2 Å². The molecule has 0 fully saturated rings. The molecule has 1 aromatic rings. The van der Waals surface area contributed by atoms with E-state index >= 15 is 0 Å². The fraction of sp³-hybridized carbons (Fsp3) is 0.308. The maximum atomic E-state index is 10.8. The summed E-state index contributed by atoms with van der Waals surface area (Å²) in [5.74, 6) is -1.01. The van der Waals surface area contributed by atoms with E-state index in [0.29, 0.717) is 0 Å². The summed E-state index contributed by atoms with van der Waals surface area (Å²) in [4.78, 5) is 10.8. The second kappa shape index (κ2) is 7.66. The van der Waals surface area contributed by atoms with Gasteiger partial charge >= 0.3 is 0 Å². The number of nitrogens with one attached hydrogen (secondary N) is 1. The van der Waals surface area contributed by atoms with Crippen LogP contribution in [0.2, 0.25) is 0 Å². The summed E-state index contributed by atoms with van der Waals surface area (Å²) in [6.45, 7) is 9.76. The number of amides is 1. The van der Waals surface area contributed by atoms with E-state index in [4.69, 9.17) is 4.55 Å². The van der Waals surface area contributed by atoms with E-state index < -0.39 is 27.3 Å². The molecule has 6 nitrogen and oxygen atoms in total. The number of carbonyl (C=O) groups excluding carboxylic acids is 1. The molecule has 0 radical (unpaired) electrons. The SMILES string of the molecule is C=CC(=O)NC(C)(C)CS(=O)(=O)O.C=Cn1cccc1. The molecule has 7 heteroatoms. The van der Waals surface area contributed by atoms with Crippen molar-refractivity contribution in [1.82, 2.24) is 9.88 Å². The largest absolute Gasteiger partial charge is 0.347 e. The van der Waals surface area contributed by atoms with E-state index in [0.717, 1.165) is 6.08 Å². The molecule has 0 unspecified atom stereocenters. The van der Waals surface area contributed by atoms with Gasteiger partial charge in [0.1, 0.15) is 0 Å². The number of hydrogen-bond acceptors (Lipinski definition) is 3. The molecule has 0 aromatic carbocycles. The summed E-state index contributed by atoms with van der Waals surface area (Å²) in [5.41, 5.74) is -1.00. The summed E-state index contributed by atoms with van der Waals surface area (Å²) >= 11 is 0. The highest BCUT2D eigenvalue weighted by Crippen LogP contribution is 2.05. The molecular formula is C13H20N2O4S. The molecular weight excluding hydrogens is 280 g/mol. The van der Waals surface area contributed by atoms with Crippen molar-refractivity contribution in [3.05, 3.63) is 43.8 Å². The summed E-state index contributed by atoms with van der Waals surface area (Å²) < 4.78 is 31.4. The van der Waals surface area contributed by atoms with Crippen molar-refractivity contribution in [2.45, 2.75) is 19.4 Å². The standard InChI is InChI=1S/C7H13NO4S.C6H7N/c1-4-6(9)8-7(2,3)5-13(10,11)12;1-2-7-5-3-4-6-7/h4H,1,5H2,2-3H3,(H,8,9)(H,10,11,12);2-6H,1H2. The lowest BCUT2D eigenvalue weighted by Gasteiger charge is -2.23. The molecule has 0 saturated heterocycles. The minimum absolute atomic E-state index is 0.478. The number of nitrogens with zero attached hydrogens (tertiary/aromatic N) is 1. The van der Waals surface area contributed by atoms with Gasteiger partial charge in [-0.25, -0.2) is 0 Å². The molecule has 0 aliphatic rings. The number of hydrogen-bond donors (Lipinski definition) is 2. The van der Waals surface area contributed by atoms with Crippen LogP contribution in [0.4, 0.5) is 0 Å². The third kappa shape index (κ3) is 9.12. The van der Waals surface area contributed by atoms with Crippen LogP contribution in [0.3, 0.4) is 0 Å². The van der Waals surface area contributed by atoms with Crippen LogP contribution in [-0.2, 0) is 14.9 Å². The maximum Gasteiger partial charge on any atom is 0.267 e. The maximum absolute atomic E-state index is 10.8. The molecule has 0 atom stereocenters. The fourth-order valence-electron chi connectivity index (χ4n) is 1.35. The van der Waals surface area contributed by atoms with Gasteiger partial charge in [-0.1, -0.05) is 13.2 Å². The van der Waals surface area contributed by atoms with Crippen LogP contribution in [0.15, 0.2) is 43.8 Å². The molecule has 0 aliphatic carbocycles. The second-order valence-electron chi connectivity index (χ2n) is 4.62. The first-order valence-corrected chi connectivity index (χ1v) is 7.35. The van der Waals surface area contributed by atoms with Crippen LogP contribution < -0.4 is 5.32 Å². The third-order valence-corrected chi connectivity index (χ3v) is 3.12. The van der Waals surface area contributed by atoms with Crippen LogP contribution in [0.5, 0.6) is 0 Å². The predicted molar refractivity (Wildman–Crippen MR) is 79.7 cm³/mol. The van der Waals surface area contributed by atoms with Gasteiger partial charge in [0.2, 0.25) is 5.91 Å². The molecule has 112 valence electrons. The average molecular weight is 300 g/mol. The molecule has 20 heavy (non-hydrogen) atoms. The van der Waals surface area contributed by atoms with Gasteiger partial charge in [0.25, 0.3) is 10.1 Å². The normalized spacial score (nSPS) is 10.9. The summed E-state index contributed by atoms with van der Waals surface area (Å²) in [5, 5.41) is 2.37. The zero-order valence-electron chi connectivity index (χ0n) is 11.6. The van der Waals surface area contributed by atoms with Crippen molar-refractivity contribution in [2.24, 2.45) is 0 Å². The van der Waals surface area contributed by atoms with Crippen LogP contribution in [0.25, 0.3) is 6.20 Å². The molecule has 2 N–H and O–H groups in total. The number of aromatic nitrogens is 1. The van der Waals surface area contributed by atoms with Gasteiger partial charge in [-0.05, 0) is 32.1 Å². The smallest absolute Gasteiger partial charge is 0.267 e. The Bertz CT molecular complexity index is 545. The highest BCUT2D eigenvalue weighted by atomic mass is 32.2. The Hall–Kier alpha value is -1.86. The van der Waals surface area contributed by atoms with Gasteiger partial charge < -0.3 is 9.88 Å². The molecule has 1 aromatic heterocycles. The molecule has 1 heterocycles. The van der Waals surface area contributed by atoms with Crippen LogP contribution in [-0.4, -0.2) is 34.7 Å². The van der Waals surface area contributed by atoms with Crippen molar-refractivity contribution in [3.63, 3.8) is 0 Å². The van der Waals surface area contributed by atoms with E-state index in [-0.39, 0.29) is 0 Å². The molecule has 0 spiro atoms. The Labute approximate surface area is 119 Å². The zero-order valence-corrected chi connectivity index (χ0v) is 12.4. The average Bonchev–Trinajstić information content (AvgIpc) is 2.78. The first-order chi connectivity index (χ1) is 9.09. The van der Waals surface area contributed by atoms with Gasteiger partial charge in [-0.2, -0.15) is 8.42 Å². The molecule has 0 aliphatic heterocycles. The highest BCUT2D eigenvalue weighted by Gasteiger charge is 2.25. The van der Waals surface area contributed by atoms with Crippen molar-refractivity contribution < 1.29 is 17.8 Å². The fourth-order valence-corrected chi connectivity index (χ4v) is 2.33. The summed E-state index contributed by atoms with van der Waals surface area (Å²) in [6.07, 6.45) is 6.66. The second-order valence-corrected chi connectivity index (χ2v) is 6.07. The minimum Gasteiger partial charge on any atom is -0.347 e. The van der Waals surface area contributed by atoms with Gasteiger partial charge in [-0.15, -0.1) is 0 Å². The van der Waals surface area contributed by atoms with E-state index in [1.807, 2.05) is 29.1 Å². The van der Waals surface area contributed by atoms with Gasteiger partial charge in [-0.3, -0.25) is 9.35 Å². The Kier molecular flexibility index (Phi) is 6.95. The van der Waals surface area contributed by atoms with Crippen LogP contribution in [0, 0.1) is 0 Å². The predicted octanol–water partition coefficient (Wildman–Crippen LogP) is 1.54. The van der Waals surface area contributed by atoms with Gasteiger partial charge in [0.05, 0.1) is 11.3 Å². The monoisotopic (exact) mass is 300 g/mol. The Morgan fingerprint density at radius 1 is 1.35 bits per heavy atom. The Morgan fingerprint density at radius 2 is 1.85 bits per heavy atom. The minimum atomic E-state index is -4.08. The molecule has 1 rings (SSSR count). The molecule has 1 amide bonds. The van der Waals surface area contributed by atoms with Gasteiger partial charge in [0.15, 0.2) is 0 Å². The van der Waals surface area contributed by atoms with E-state index in [9.17, 15) is 13.2 Å². The van der Waals surface area contributed by atoms with E-state index in [2.05, 4.69) is 18.5 Å². The Balaban J connectivity index is 0.000000428. The molecule has 0 bridgehead atoms.